The van der Waals surface area contributed by atoms with Gasteiger partial charge in [-0.25, -0.2) is 0 Å². The minimum atomic E-state index is -0.480. The van der Waals surface area contributed by atoms with Crippen molar-refractivity contribution in [2.24, 2.45) is 0 Å². The first kappa shape index (κ1) is 20.3. The zero-order chi connectivity index (χ0) is 19.6. The number of ether oxygens (including phenoxy) is 2. The molecule has 0 aliphatic rings. The molecule has 2 aromatic rings. The number of anilines is 2. The van der Waals surface area contributed by atoms with Crippen LogP contribution in [0.4, 0.5) is 11.4 Å². The second-order valence-corrected chi connectivity index (χ2v) is 6.48. The topological polar surface area (TPSA) is 93.7 Å². The molecule has 0 spiro atoms. The minimum Gasteiger partial charge on any atom is -0.497 e. The Balaban J connectivity index is 1.71. The smallest absolute Gasteiger partial charge is 0.316 e. The van der Waals surface area contributed by atoms with Crippen LogP contribution < -0.4 is 15.4 Å². The van der Waals surface area contributed by atoms with Crippen LogP contribution in [-0.2, 0) is 19.1 Å². The summed E-state index contributed by atoms with van der Waals surface area (Å²) in [4.78, 5) is 35.5. The van der Waals surface area contributed by atoms with Gasteiger partial charge in [0.15, 0.2) is 6.61 Å². The first-order valence-corrected chi connectivity index (χ1v) is 9.05. The quantitative estimate of drug-likeness (QED) is 0.533. The monoisotopic (exact) mass is 388 g/mol. The summed E-state index contributed by atoms with van der Waals surface area (Å²) in [5.41, 5.74) is 1.17. The first-order chi connectivity index (χ1) is 13.0. The van der Waals surface area contributed by atoms with Crippen LogP contribution in [-0.4, -0.2) is 37.3 Å². The molecule has 0 radical (unpaired) electrons. The van der Waals surface area contributed by atoms with E-state index in [1.54, 1.807) is 43.5 Å². The number of nitrogens with one attached hydrogen (secondary N) is 2. The Morgan fingerprint density at radius 1 is 0.926 bits per heavy atom. The van der Waals surface area contributed by atoms with Crippen LogP contribution in [0.2, 0.25) is 0 Å². The van der Waals surface area contributed by atoms with Crippen LogP contribution in [0.1, 0.15) is 6.92 Å². The van der Waals surface area contributed by atoms with Gasteiger partial charge in [0.25, 0.3) is 5.91 Å². The maximum atomic E-state index is 11.8. The maximum absolute atomic E-state index is 11.8. The highest BCUT2D eigenvalue weighted by atomic mass is 32.2. The van der Waals surface area contributed by atoms with E-state index in [1.165, 1.54) is 18.7 Å². The van der Waals surface area contributed by atoms with Gasteiger partial charge in [-0.15, -0.1) is 11.8 Å². The molecule has 2 aromatic carbocycles. The largest absolute Gasteiger partial charge is 0.497 e. The third-order valence-corrected chi connectivity index (χ3v) is 4.25. The molecule has 2 rings (SSSR count). The van der Waals surface area contributed by atoms with E-state index in [0.717, 1.165) is 10.6 Å². The summed E-state index contributed by atoms with van der Waals surface area (Å²) in [5, 5.41) is 5.24. The third-order valence-electron chi connectivity index (χ3n) is 3.27. The number of hydrogen-bond acceptors (Lipinski definition) is 6. The van der Waals surface area contributed by atoms with E-state index in [1.807, 2.05) is 12.1 Å². The molecule has 0 fully saturated rings. The van der Waals surface area contributed by atoms with Crippen molar-refractivity contribution in [1.29, 1.82) is 0 Å². The van der Waals surface area contributed by atoms with E-state index in [9.17, 15) is 14.4 Å². The molecule has 0 aliphatic carbocycles. The molecule has 0 unspecified atom stereocenters. The summed E-state index contributed by atoms with van der Waals surface area (Å²) in [5.74, 6) is -0.252. The maximum Gasteiger partial charge on any atom is 0.316 e. The Hall–Kier alpha value is -3.00. The Kier molecular flexibility index (Phi) is 7.69. The molecule has 8 heteroatoms. The molecule has 0 saturated heterocycles. The fourth-order valence-corrected chi connectivity index (χ4v) is 2.74. The van der Waals surface area contributed by atoms with Gasteiger partial charge in [-0.1, -0.05) is 0 Å². The summed E-state index contributed by atoms with van der Waals surface area (Å²) in [6.45, 7) is 1.05. The number of rotatable bonds is 8. The van der Waals surface area contributed by atoms with Gasteiger partial charge in [0.1, 0.15) is 5.75 Å². The van der Waals surface area contributed by atoms with E-state index in [4.69, 9.17) is 9.47 Å². The highest BCUT2D eigenvalue weighted by Gasteiger charge is 2.09. The zero-order valence-corrected chi connectivity index (χ0v) is 15.8. The summed E-state index contributed by atoms with van der Waals surface area (Å²) in [6.07, 6.45) is 0. The van der Waals surface area contributed by atoms with Crippen LogP contribution in [0, 0.1) is 0 Å². The molecule has 7 nitrogen and oxygen atoms in total. The fraction of sp³-hybridized carbons (Fsp3) is 0.211. The van der Waals surface area contributed by atoms with Crippen LogP contribution >= 0.6 is 11.8 Å². The van der Waals surface area contributed by atoms with E-state index < -0.39 is 11.9 Å². The lowest BCUT2D eigenvalue weighted by atomic mass is 10.2. The van der Waals surface area contributed by atoms with Crippen molar-refractivity contribution in [3.8, 4) is 5.75 Å². The van der Waals surface area contributed by atoms with Crippen molar-refractivity contribution in [3.63, 3.8) is 0 Å². The predicted molar refractivity (Wildman–Crippen MR) is 104 cm³/mol. The Bertz CT molecular complexity index is 791. The molecule has 0 atom stereocenters. The van der Waals surface area contributed by atoms with Gasteiger partial charge in [-0.3, -0.25) is 14.4 Å². The standard InChI is InChI=1S/C19H20N2O5S/c1-13(22)20-14-3-5-15(6-4-14)21-18(23)11-26-19(24)12-27-17-9-7-16(25-2)8-10-17/h3-10H,11-12H2,1-2H3,(H,20,22)(H,21,23). The van der Waals surface area contributed by atoms with E-state index in [-0.39, 0.29) is 18.3 Å². The molecular weight excluding hydrogens is 368 g/mol. The SMILES string of the molecule is COc1ccc(SCC(=O)OCC(=O)Nc2ccc(NC(C)=O)cc2)cc1. The lowest BCUT2D eigenvalue weighted by Crippen LogP contribution is -2.21. The summed E-state index contributed by atoms with van der Waals surface area (Å²) >= 11 is 1.31. The average Bonchev–Trinajstić information content (AvgIpc) is 2.66. The second kappa shape index (κ2) is 10.2. The number of carbonyl (C=O) groups excluding carboxylic acids is 3. The zero-order valence-electron chi connectivity index (χ0n) is 15.0. The van der Waals surface area contributed by atoms with Crippen molar-refractivity contribution in [1.82, 2.24) is 0 Å². The number of thioether (sulfide) groups is 1. The second-order valence-electron chi connectivity index (χ2n) is 5.43. The Morgan fingerprint density at radius 2 is 1.52 bits per heavy atom. The molecule has 0 aromatic heterocycles. The number of hydrogen-bond donors (Lipinski definition) is 2. The lowest BCUT2D eigenvalue weighted by molar-refractivity contribution is -0.144. The van der Waals surface area contributed by atoms with Gasteiger partial charge in [-0.05, 0) is 48.5 Å². The van der Waals surface area contributed by atoms with Crippen molar-refractivity contribution >= 4 is 40.9 Å². The van der Waals surface area contributed by atoms with Crippen molar-refractivity contribution < 1.29 is 23.9 Å². The van der Waals surface area contributed by atoms with Crippen LogP contribution in [0.5, 0.6) is 5.75 Å². The number of esters is 1. The summed E-state index contributed by atoms with van der Waals surface area (Å²) < 4.78 is 10.0. The molecule has 0 aliphatic heterocycles. The van der Waals surface area contributed by atoms with Crippen molar-refractivity contribution in [3.05, 3.63) is 48.5 Å². The molecule has 2 amide bonds. The average molecular weight is 388 g/mol. The van der Waals surface area contributed by atoms with Crippen LogP contribution in [0.25, 0.3) is 0 Å². The lowest BCUT2D eigenvalue weighted by Gasteiger charge is -2.08. The highest BCUT2D eigenvalue weighted by Crippen LogP contribution is 2.21. The third kappa shape index (κ3) is 7.41. The van der Waals surface area contributed by atoms with Crippen LogP contribution in [0.15, 0.2) is 53.4 Å². The number of amides is 2. The molecule has 0 bridgehead atoms. The summed E-state index contributed by atoms with van der Waals surface area (Å²) in [6, 6.07) is 13.9. The van der Waals surface area contributed by atoms with Gasteiger partial charge in [0, 0.05) is 23.2 Å². The Morgan fingerprint density at radius 3 is 2.07 bits per heavy atom. The van der Waals surface area contributed by atoms with Crippen molar-refractivity contribution in [2.45, 2.75) is 11.8 Å². The molecule has 0 saturated carbocycles. The van der Waals surface area contributed by atoms with Gasteiger partial charge in [-0.2, -0.15) is 0 Å². The molecule has 0 heterocycles. The molecule has 27 heavy (non-hydrogen) atoms. The molecule has 142 valence electrons. The van der Waals surface area contributed by atoms with Gasteiger partial charge >= 0.3 is 5.97 Å². The van der Waals surface area contributed by atoms with E-state index in [2.05, 4.69) is 10.6 Å². The Labute approximate surface area is 161 Å². The van der Waals surface area contributed by atoms with E-state index in [0.29, 0.717) is 11.4 Å². The number of benzene rings is 2. The minimum absolute atomic E-state index is 0.102. The molecule has 2 N–H and O–H groups in total. The number of carbonyl (C=O) groups is 3. The van der Waals surface area contributed by atoms with Crippen molar-refractivity contribution in [2.75, 3.05) is 30.1 Å². The molecular formula is C19H20N2O5S. The highest BCUT2D eigenvalue weighted by molar-refractivity contribution is 8.00. The first-order valence-electron chi connectivity index (χ1n) is 8.06. The normalized spacial score (nSPS) is 10.0. The van der Waals surface area contributed by atoms with Crippen LogP contribution in [0.3, 0.4) is 0 Å². The fourth-order valence-electron chi connectivity index (χ4n) is 2.04. The van der Waals surface area contributed by atoms with Gasteiger partial charge in [0.05, 0.1) is 12.9 Å². The van der Waals surface area contributed by atoms with Gasteiger partial charge < -0.3 is 20.1 Å². The summed E-state index contributed by atoms with van der Waals surface area (Å²) in [7, 11) is 1.59. The predicted octanol–water partition coefficient (Wildman–Crippen LogP) is 2.93. The number of methoxy groups -OCH3 is 1. The van der Waals surface area contributed by atoms with E-state index >= 15 is 0 Å². The van der Waals surface area contributed by atoms with Gasteiger partial charge in [0.2, 0.25) is 5.91 Å².